The van der Waals surface area contributed by atoms with Gasteiger partial charge in [0.1, 0.15) is 10.8 Å². The highest BCUT2D eigenvalue weighted by Gasteiger charge is 2.07. The molecule has 0 atom stereocenters. The van der Waals surface area contributed by atoms with Gasteiger partial charge in [0.05, 0.1) is 10.4 Å². The molecule has 0 fully saturated rings. The van der Waals surface area contributed by atoms with Gasteiger partial charge in [0, 0.05) is 22.4 Å². The quantitative estimate of drug-likeness (QED) is 0.584. The molecule has 0 aliphatic heterocycles. The van der Waals surface area contributed by atoms with Gasteiger partial charge in [0.2, 0.25) is 0 Å². The van der Waals surface area contributed by atoms with Crippen LogP contribution >= 0.6 is 11.8 Å². The van der Waals surface area contributed by atoms with Crippen LogP contribution in [0.5, 0.6) is 5.75 Å². The van der Waals surface area contributed by atoms with Crippen molar-refractivity contribution in [1.82, 2.24) is 4.98 Å². The third-order valence-electron chi connectivity index (χ3n) is 2.92. The molecule has 21 heavy (non-hydrogen) atoms. The topological polar surface area (TPSA) is 76.3 Å². The Morgan fingerprint density at radius 2 is 1.81 bits per heavy atom. The largest absolute Gasteiger partial charge is 0.508 e. The summed E-state index contributed by atoms with van der Waals surface area (Å²) in [6.07, 6.45) is 0. The molecular weight excluding hydrogens is 288 g/mol. The van der Waals surface area contributed by atoms with Crippen LogP contribution in [0.2, 0.25) is 0 Å². The lowest BCUT2D eigenvalue weighted by Gasteiger charge is -2.03. The standard InChI is InChI=1S/C15H10N2O3S/c18-12-3-5-13(6-4-12)21-15-8-1-10-9-11(17(19)20)2-7-14(10)16-15/h1-9,18H. The minimum Gasteiger partial charge on any atom is -0.508 e. The summed E-state index contributed by atoms with van der Waals surface area (Å²) in [5.74, 6) is 0.220. The van der Waals surface area contributed by atoms with E-state index < -0.39 is 4.92 Å². The van der Waals surface area contributed by atoms with Crippen LogP contribution < -0.4 is 0 Å². The molecule has 3 rings (SSSR count). The molecule has 1 heterocycles. The lowest BCUT2D eigenvalue weighted by atomic mass is 10.2. The van der Waals surface area contributed by atoms with Crippen LogP contribution in [-0.4, -0.2) is 15.0 Å². The number of non-ortho nitro benzene ring substituents is 1. The molecule has 104 valence electrons. The number of hydrogen-bond donors (Lipinski definition) is 1. The van der Waals surface area contributed by atoms with Gasteiger partial charge >= 0.3 is 0 Å². The molecule has 0 aliphatic rings. The molecule has 0 saturated carbocycles. The molecule has 0 aliphatic carbocycles. The summed E-state index contributed by atoms with van der Waals surface area (Å²) in [6, 6.07) is 15.1. The Bertz CT molecular complexity index is 819. The molecule has 0 radical (unpaired) electrons. The van der Waals surface area contributed by atoms with E-state index in [1.165, 1.54) is 23.9 Å². The summed E-state index contributed by atoms with van der Waals surface area (Å²) >= 11 is 1.47. The number of fused-ring (bicyclic) bond motifs is 1. The maximum Gasteiger partial charge on any atom is 0.270 e. The number of phenols is 1. The van der Waals surface area contributed by atoms with Gasteiger partial charge in [-0.1, -0.05) is 11.8 Å². The minimum absolute atomic E-state index is 0.0586. The Balaban J connectivity index is 1.92. The highest BCUT2D eigenvalue weighted by Crippen LogP contribution is 2.29. The smallest absolute Gasteiger partial charge is 0.270 e. The number of nitrogens with zero attached hydrogens (tertiary/aromatic N) is 2. The average molecular weight is 298 g/mol. The van der Waals surface area contributed by atoms with E-state index in [1.54, 1.807) is 18.2 Å². The predicted molar refractivity (Wildman–Crippen MR) is 80.6 cm³/mol. The van der Waals surface area contributed by atoms with E-state index >= 15 is 0 Å². The summed E-state index contributed by atoms with van der Waals surface area (Å²) in [6.45, 7) is 0. The van der Waals surface area contributed by atoms with Crippen molar-refractivity contribution in [2.75, 3.05) is 0 Å². The summed E-state index contributed by atoms with van der Waals surface area (Å²) in [5.41, 5.74) is 0.771. The first-order chi connectivity index (χ1) is 10.1. The number of nitro benzene ring substituents is 1. The van der Waals surface area contributed by atoms with E-state index in [0.29, 0.717) is 5.52 Å². The number of aromatic hydroxyl groups is 1. The van der Waals surface area contributed by atoms with E-state index in [0.717, 1.165) is 15.3 Å². The van der Waals surface area contributed by atoms with Crippen LogP contribution in [0.3, 0.4) is 0 Å². The van der Waals surface area contributed by atoms with Crippen molar-refractivity contribution < 1.29 is 10.0 Å². The van der Waals surface area contributed by atoms with Crippen molar-refractivity contribution in [3.05, 3.63) is 64.7 Å². The Morgan fingerprint density at radius 1 is 1.05 bits per heavy atom. The zero-order chi connectivity index (χ0) is 14.8. The monoisotopic (exact) mass is 298 g/mol. The fraction of sp³-hybridized carbons (Fsp3) is 0. The SMILES string of the molecule is O=[N+]([O-])c1ccc2nc(Sc3ccc(O)cc3)ccc2c1. The van der Waals surface area contributed by atoms with Gasteiger partial charge in [-0.15, -0.1) is 0 Å². The predicted octanol–water partition coefficient (Wildman–Crippen LogP) is 4.00. The Kier molecular flexibility index (Phi) is 3.45. The molecular formula is C15H10N2O3S. The van der Waals surface area contributed by atoms with Gasteiger partial charge in [-0.2, -0.15) is 0 Å². The molecule has 6 heteroatoms. The lowest BCUT2D eigenvalue weighted by Crippen LogP contribution is -1.89. The molecule has 0 saturated heterocycles. The number of nitro groups is 1. The molecule has 0 unspecified atom stereocenters. The van der Waals surface area contributed by atoms with Crippen molar-refractivity contribution in [3.8, 4) is 5.75 Å². The van der Waals surface area contributed by atoms with Crippen molar-refractivity contribution in [2.45, 2.75) is 9.92 Å². The second-order valence-electron chi connectivity index (χ2n) is 4.38. The second kappa shape index (κ2) is 5.41. The van der Waals surface area contributed by atoms with Gasteiger partial charge in [-0.05, 0) is 42.5 Å². The first-order valence-corrected chi connectivity index (χ1v) is 6.95. The zero-order valence-electron chi connectivity index (χ0n) is 10.8. The first-order valence-electron chi connectivity index (χ1n) is 6.14. The Labute approximate surface area is 124 Å². The number of phenolic OH excluding ortho intramolecular Hbond substituents is 1. The van der Waals surface area contributed by atoms with Crippen LogP contribution in [0, 0.1) is 10.1 Å². The normalized spacial score (nSPS) is 10.7. The maximum absolute atomic E-state index is 10.7. The van der Waals surface area contributed by atoms with Gasteiger partial charge in [0.15, 0.2) is 0 Å². The molecule has 3 aromatic rings. The van der Waals surface area contributed by atoms with Crippen molar-refractivity contribution in [1.29, 1.82) is 0 Å². The van der Waals surface area contributed by atoms with Gasteiger partial charge in [0.25, 0.3) is 5.69 Å². The number of hydrogen-bond acceptors (Lipinski definition) is 5. The van der Waals surface area contributed by atoms with Crippen LogP contribution in [0.15, 0.2) is 64.5 Å². The maximum atomic E-state index is 10.7. The summed E-state index contributed by atoms with van der Waals surface area (Å²) in [4.78, 5) is 15.8. The fourth-order valence-electron chi connectivity index (χ4n) is 1.90. The Morgan fingerprint density at radius 3 is 2.52 bits per heavy atom. The van der Waals surface area contributed by atoms with E-state index in [-0.39, 0.29) is 11.4 Å². The third-order valence-corrected chi connectivity index (χ3v) is 3.86. The summed E-state index contributed by atoms with van der Waals surface area (Å²) in [7, 11) is 0. The van der Waals surface area contributed by atoms with E-state index in [1.807, 2.05) is 24.3 Å². The number of pyridine rings is 1. The lowest BCUT2D eigenvalue weighted by molar-refractivity contribution is -0.384. The highest BCUT2D eigenvalue weighted by atomic mass is 32.2. The number of rotatable bonds is 3. The molecule has 0 spiro atoms. The molecule has 2 aromatic carbocycles. The van der Waals surface area contributed by atoms with Gasteiger partial charge < -0.3 is 5.11 Å². The molecule has 0 bridgehead atoms. The van der Waals surface area contributed by atoms with Crippen LogP contribution in [0.25, 0.3) is 10.9 Å². The zero-order valence-corrected chi connectivity index (χ0v) is 11.6. The second-order valence-corrected chi connectivity index (χ2v) is 5.47. The first kappa shape index (κ1) is 13.4. The van der Waals surface area contributed by atoms with Crippen LogP contribution in [0.1, 0.15) is 0 Å². The van der Waals surface area contributed by atoms with E-state index in [9.17, 15) is 15.2 Å². The van der Waals surface area contributed by atoms with E-state index in [2.05, 4.69) is 4.98 Å². The van der Waals surface area contributed by atoms with Gasteiger partial charge in [-0.25, -0.2) is 4.98 Å². The molecule has 1 N–H and O–H groups in total. The fourth-order valence-corrected chi connectivity index (χ4v) is 2.69. The van der Waals surface area contributed by atoms with Crippen molar-refractivity contribution in [3.63, 3.8) is 0 Å². The molecule has 1 aromatic heterocycles. The molecule has 5 nitrogen and oxygen atoms in total. The summed E-state index contributed by atoms with van der Waals surface area (Å²) < 4.78 is 0. The van der Waals surface area contributed by atoms with Crippen LogP contribution in [0.4, 0.5) is 5.69 Å². The average Bonchev–Trinajstić information content (AvgIpc) is 2.49. The molecule has 0 amide bonds. The Hall–Kier alpha value is -2.60. The summed E-state index contributed by atoms with van der Waals surface area (Å²) in [5, 5.41) is 21.5. The highest BCUT2D eigenvalue weighted by molar-refractivity contribution is 7.99. The van der Waals surface area contributed by atoms with Crippen molar-refractivity contribution >= 4 is 28.4 Å². The minimum atomic E-state index is -0.418. The third kappa shape index (κ3) is 2.95. The van der Waals surface area contributed by atoms with Gasteiger partial charge in [-0.3, -0.25) is 10.1 Å². The van der Waals surface area contributed by atoms with E-state index in [4.69, 9.17) is 0 Å². The van der Waals surface area contributed by atoms with Crippen molar-refractivity contribution in [2.24, 2.45) is 0 Å². The number of aromatic nitrogens is 1. The number of benzene rings is 2. The van der Waals surface area contributed by atoms with Crippen LogP contribution in [-0.2, 0) is 0 Å².